The molecule has 2 aliphatic rings. The number of thioether (sulfide) groups is 1. The van der Waals surface area contributed by atoms with Crippen molar-refractivity contribution in [3.05, 3.63) is 58.7 Å². The summed E-state index contributed by atoms with van der Waals surface area (Å²) >= 11 is 1.33. The van der Waals surface area contributed by atoms with Gasteiger partial charge >= 0.3 is 0 Å². The van der Waals surface area contributed by atoms with Gasteiger partial charge in [-0.1, -0.05) is 48.9 Å². The van der Waals surface area contributed by atoms with Gasteiger partial charge in [0.05, 0.1) is 17.1 Å². The molecule has 4 rings (SSSR count). The maximum Gasteiger partial charge on any atom is 0.276 e. The summed E-state index contributed by atoms with van der Waals surface area (Å²) in [6.07, 6.45) is 3.32. The van der Waals surface area contributed by atoms with E-state index >= 15 is 0 Å². The van der Waals surface area contributed by atoms with Gasteiger partial charge in [0.25, 0.3) is 5.91 Å². The third kappa shape index (κ3) is 3.89. The Bertz CT molecular complexity index is 1070. The first-order chi connectivity index (χ1) is 14.5. The first-order valence-corrected chi connectivity index (χ1v) is 11.1. The number of benzene rings is 2. The Morgan fingerprint density at radius 3 is 2.60 bits per heavy atom. The van der Waals surface area contributed by atoms with Gasteiger partial charge in [-0.15, -0.1) is 10.2 Å². The van der Waals surface area contributed by atoms with Crippen molar-refractivity contribution >= 4 is 45.8 Å². The molecule has 0 radical (unpaired) electrons. The molecule has 1 N–H and O–H groups in total. The zero-order valence-corrected chi connectivity index (χ0v) is 18.2. The van der Waals surface area contributed by atoms with E-state index in [-0.39, 0.29) is 17.5 Å². The molecule has 0 spiro atoms. The van der Waals surface area contributed by atoms with Crippen molar-refractivity contribution < 1.29 is 9.59 Å². The number of amides is 2. The molecule has 1 fully saturated rings. The van der Waals surface area contributed by atoms with Crippen molar-refractivity contribution in [2.45, 2.75) is 40.0 Å². The van der Waals surface area contributed by atoms with Crippen LogP contribution in [-0.4, -0.2) is 28.4 Å². The second-order valence-electron chi connectivity index (χ2n) is 7.58. The van der Waals surface area contributed by atoms with Gasteiger partial charge in [0.2, 0.25) is 5.91 Å². The van der Waals surface area contributed by atoms with Gasteiger partial charge in [-0.25, -0.2) is 0 Å². The van der Waals surface area contributed by atoms with Gasteiger partial charge in [0.15, 0.2) is 10.9 Å². The Morgan fingerprint density at radius 1 is 1.10 bits per heavy atom. The lowest BCUT2D eigenvalue weighted by molar-refractivity contribution is -0.115. The van der Waals surface area contributed by atoms with Crippen molar-refractivity contribution in [1.82, 2.24) is 0 Å². The monoisotopic (exact) mass is 420 g/mol. The largest absolute Gasteiger partial charge is 0.320 e. The maximum atomic E-state index is 12.5. The molecule has 154 valence electrons. The van der Waals surface area contributed by atoms with Gasteiger partial charge in [-0.2, -0.15) is 0 Å². The summed E-state index contributed by atoms with van der Waals surface area (Å²) in [6.45, 7) is 6.11. The number of carbonyl (C=O) groups excluding carboxylic acids is 2. The molecule has 0 aliphatic carbocycles. The molecule has 7 heteroatoms. The standard InChI is InChI=1S/C23H24N4O2S/c1-4-5-6-16-7-9-17(10-8-16)27-19(28)13-30-23(27)26-25-21-18-12-14(2)11-15(3)20(18)24-22(21)29/h7-12H,4-6,13H2,1-3H3,(H,24,25,29). The lowest BCUT2D eigenvalue weighted by atomic mass is 10.0. The Morgan fingerprint density at radius 2 is 1.87 bits per heavy atom. The van der Waals surface area contributed by atoms with Gasteiger partial charge < -0.3 is 5.32 Å². The number of fused-ring (bicyclic) bond motifs is 1. The second kappa shape index (κ2) is 8.44. The van der Waals surface area contributed by atoms with E-state index in [9.17, 15) is 9.59 Å². The van der Waals surface area contributed by atoms with E-state index in [0.717, 1.165) is 47.3 Å². The van der Waals surface area contributed by atoms with E-state index in [1.807, 2.05) is 38.1 Å². The van der Waals surface area contributed by atoms with Gasteiger partial charge in [0, 0.05) is 5.56 Å². The Balaban J connectivity index is 1.64. The lowest BCUT2D eigenvalue weighted by Gasteiger charge is -2.15. The summed E-state index contributed by atoms with van der Waals surface area (Å²) in [5.41, 5.74) is 5.88. The van der Waals surface area contributed by atoms with Crippen molar-refractivity contribution in [2.75, 3.05) is 16.0 Å². The summed E-state index contributed by atoms with van der Waals surface area (Å²) in [7, 11) is 0. The van der Waals surface area contributed by atoms with E-state index in [4.69, 9.17) is 0 Å². The minimum atomic E-state index is -0.274. The summed E-state index contributed by atoms with van der Waals surface area (Å²) in [5.74, 6) is -0.00476. The number of hydrogen-bond acceptors (Lipinski definition) is 5. The second-order valence-corrected chi connectivity index (χ2v) is 8.52. The Kier molecular flexibility index (Phi) is 5.72. The van der Waals surface area contributed by atoms with Crippen molar-refractivity contribution in [3.63, 3.8) is 0 Å². The van der Waals surface area contributed by atoms with Gasteiger partial charge in [0.1, 0.15) is 0 Å². The van der Waals surface area contributed by atoms with Crippen LogP contribution in [-0.2, 0) is 16.0 Å². The smallest absolute Gasteiger partial charge is 0.276 e. The Hall–Kier alpha value is -2.93. The number of anilines is 2. The zero-order valence-electron chi connectivity index (χ0n) is 17.4. The number of hydrogen-bond donors (Lipinski definition) is 1. The lowest BCUT2D eigenvalue weighted by Crippen LogP contribution is -2.29. The fraction of sp³-hybridized carbons (Fsp3) is 0.304. The van der Waals surface area contributed by atoms with Crippen LogP contribution in [0.3, 0.4) is 0 Å². The normalized spacial score (nSPS) is 18.4. The molecule has 0 saturated carbocycles. The minimum absolute atomic E-state index is 0.0387. The fourth-order valence-electron chi connectivity index (χ4n) is 3.69. The third-order valence-electron chi connectivity index (χ3n) is 5.20. The van der Waals surface area contributed by atoms with Crippen LogP contribution in [0.15, 0.2) is 46.6 Å². The highest BCUT2D eigenvalue weighted by atomic mass is 32.2. The molecule has 2 aromatic rings. The van der Waals surface area contributed by atoms with Crippen LogP contribution in [0.5, 0.6) is 0 Å². The summed E-state index contributed by atoms with van der Waals surface area (Å²) in [4.78, 5) is 26.5. The highest BCUT2D eigenvalue weighted by Gasteiger charge is 2.31. The molecule has 2 amide bonds. The number of rotatable bonds is 5. The quantitative estimate of drug-likeness (QED) is 0.727. The molecule has 1 saturated heterocycles. The van der Waals surface area contributed by atoms with Crippen LogP contribution >= 0.6 is 11.8 Å². The topological polar surface area (TPSA) is 74.1 Å². The SMILES string of the molecule is CCCCc1ccc(N2C(=O)CSC2=NN=C2C(=O)Nc3c(C)cc(C)cc32)cc1. The third-order valence-corrected chi connectivity index (χ3v) is 6.12. The maximum absolute atomic E-state index is 12.5. The molecule has 30 heavy (non-hydrogen) atoms. The van der Waals surface area contributed by atoms with Crippen LogP contribution < -0.4 is 10.2 Å². The van der Waals surface area contributed by atoms with Crippen LogP contribution in [0, 0.1) is 13.8 Å². The van der Waals surface area contributed by atoms with Crippen LogP contribution in [0.4, 0.5) is 11.4 Å². The number of carbonyl (C=O) groups is 2. The average Bonchev–Trinajstić information content (AvgIpc) is 3.24. The highest BCUT2D eigenvalue weighted by molar-refractivity contribution is 8.15. The predicted octanol–water partition coefficient (Wildman–Crippen LogP) is 4.44. The summed E-state index contributed by atoms with van der Waals surface area (Å²) in [6, 6.07) is 11.9. The molecule has 0 aromatic heterocycles. The fourth-order valence-corrected chi connectivity index (χ4v) is 4.51. The number of nitrogens with zero attached hydrogens (tertiary/aromatic N) is 3. The summed E-state index contributed by atoms with van der Waals surface area (Å²) in [5, 5.41) is 11.9. The van der Waals surface area contributed by atoms with E-state index in [1.165, 1.54) is 17.3 Å². The first-order valence-electron chi connectivity index (χ1n) is 10.1. The van der Waals surface area contributed by atoms with Crippen LogP contribution in [0.1, 0.15) is 42.0 Å². The number of aryl methyl sites for hydroxylation is 3. The van der Waals surface area contributed by atoms with Crippen LogP contribution in [0.2, 0.25) is 0 Å². The van der Waals surface area contributed by atoms with Crippen LogP contribution in [0.25, 0.3) is 0 Å². The van der Waals surface area contributed by atoms with E-state index in [1.54, 1.807) is 4.90 Å². The molecule has 0 bridgehead atoms. The molecule has 0 atom stereocenters. The summed E-state index contributed by atoms with van der Waals surface area (Å²) < 4.78 is 0. The number of nitrogens with one attached hydrogen (secondary N) is 1. The zero-order chi connectivity index (χ0) is 21.3. The van der Waals surface area contributed by atoms with Gasteiger partial charge in [-0.3, -0.25) is 14.5 Å². The molecule has 2 aliphatic heterocycles. The van der Waals surface area contributed by atoms with Crippen molar-refractivity contribution in [2.24, 2.45) is 10.2 Å². The number of unbranched alkanes of at least 4 members (excludes halogenated alkanes) is 1. The first kappa shape index (κ1) is 20.3. The Labute approximate surface area is 180 Å². The average molecular weight is 421 g/mol. The van der Waals surface area contributed by atoms with Crippen molar-refractivity contribution in [1.29, 1.82) is 0 Å². The molecule has 0 unspecified atom stereocenters. The number of amidine groups is 1. The van der Waals surface area contributed by atoms with E-state index in [0.29, 0.717) is 10.9 Å². The van der Waals surface area contributed by atoms with E-state index in [2.05, 4.69) is 34.6 Å². The molecule has 2 heterocycles. The molecule has 6 nitrogen and oxygen atoms in total. The van der Waals surface area contributed by atoms with Crippen molar-refractivity contribution in [3.8, 4) is 0 Å². The molecule has 2 aromatic carbocycles. The minimum Gasteiger partial charge on any atom is -0.320 e. The predicted molar refractivity (Wildman–Crippen MR) is 124 cm³/mol. The molecular formula is C23H24N4O2S. The van der Waals surface area contributed by atoms with E-state index < -0.39 is 0 Å². The highest BCUT2D eigenvalue weighted by Crippen LogP contribution is 2.30. The van der Waals surface area contributed by atoms with Gasteiger partial charge in [-0.05, 0) is 56.0 Å². The molecular weight excluding hydrogens is 396 g/mol.